The molecule has 1 aromatic carbocycles. The number of thioether (sulfide) groups is 1. The zero-order valence-electron chi connectivity index (χ0n) is 11.9. The summed E-state index contributed by atoms with van der Waals surface area (Å²) in [5, 5.41) is 3.26. The van der Waals surface area contributed by atoms with Gasteiger partial charge in [-0.1, -0.05) is 17.8 Å². The van der Waals surface area contributed by atoms with Crippen molar-refractivity contribution in [1.29, 1.82) is 0 Å². The summed E-state index contributed by atoms with van der Waals surface area (Å²) in [5.74, 6) is 1.80. The Morgan fingerprint density at radius 1 is 1.45 bits per heavy atom. The van der Waals surface area contributed by atoms with Gasteiger partial charge in [-0.25, -0.2) is 4.98 Å². The molecule has 1 unspecified atom stereocenters. The Balaban J connectivity index is 2.17. The molecule has 2 aromatic rings. The lowest BCUT2D eigenvalue weighted by Crippen LogP contribution is -2.12. The molecule has 1 N–H and O–H groups in total. The summed E-state index contributed by atoms with van der Waals surface area (Å²) in [6.07, 6.45) is 1.59. The summed E-state index contributed by atoms with van der Waals surface area (Å²) in [5.41, 5.74) is 2.47. The molecule has 6 heteroatoms. The summed E-state index contributed by atoms with van der Waals surface area (Å²) >= 11 is 3.12. The quantitative estimate of drug-likeness (QED) is 0.793. The molecule has 2 rings (SSSR count). The van der Waals surface area contributed by atoms with Gasteiger partial charge in [0.2, 0.25) is 0 Å². The average Bonchev–Trinajstić information content (AvgIpc) is 2.99. The molecule has 108 valence electrons. The van der Waals surface area contributed by atoms with Crippen molar-refractivity contribution in [3.8, 4) is 5.75 Å². The van der Waals surface area contributed by atoms with E-state index in [2.05, 4.69) is 39.8 Å². The van der Waals surface area contributed by atoms with Crippen LogP contribution in [-0.2, 0) is 5.75 Å². The van der Waals surface area contributed by atoms with Crippen molar-refractivity contribution in [2.24, 2.45) is 0 Å². The van der Waals surface area contributed by atoms with Gasteiger partial charge in [0, 0.05) is 17.4 Å². The van der Waals surface area contributed by atoms with Crippen LogP contribution in [0.4, 0.5) is 0 Å². The van der Waals surface area contributed by atoms with Gasteiger partial charge >= 0.3 is 0 Å². The second-order valence-corrected chi connectivity index (χ2v) is 6.31. The van der Waals surface area contributed by atoms with Crippen molar-refractivity contribution < 1.29 is 4.74 Å². The van der Waals surface area contributed by atoms with Gasteiger partial charge < -0.3 is 10.1 Å². The number of aromatic nitrogens is 2. The van der Waals surface area contributed by atoms with Crippen LogP contribution in [0.2, 0.25) is 0 Å². The number of ether oxygens (including phenoxy) is 1. The van der Waals surface area contributed by atoms with E-state index in [1.165, 1.54) is 22.7 Å². The number of nitrogens with one attached hydrogen (secondary N) is 1. The minimum Gasteiger partial charge on any atom is -0.494 e. The van der Waals surface area contributed by atoms with Gasteiger partial charge in [-0.2, -0.15) is 4.37 Å². The molecule has 0 aliphatic heterocycles. The molecule has 0 bridgehead atoms. The Morgan fingerprint density at radius 3 is 2.95 bits per heavy atom. The molecule has 0 saturated carbocycles. The normalized spacial score (nSPS) is 12.3. The third-order valence-electron chi connectivity index (χ3n) is 3.01. The zero-order chi connectivity index (χ0) is 14.4. The second kappa shape index (κ2) is 7.61. The highest BCUT2D eigenvalue weighted by Gasteiger charge is 2.10. The van der Waals surface area contributed by atoms with Crippen LogP contribution in [-0.4, -0.2) is 23.0 Å². The van der Waals surface area contributed by atoms with Gasteiger partial charge in [-0.15, -0.1) is 0 Å². The Hall–Kier alpha value is -1.11. The maximum Gasteiger partial charge on any atom is 0.170 e. The van der Waals surface area contributed by atoms with E-state index >= 15 is 0 Å². The summed E-state index contributed by atoms with van der Waals surface area (Å²) < 4.78 is 10.7. The molecule has 0 radical (unpaired) electrons. The van der Waals surface area contributed by atoms with E-state index < -0.39 is 0 Å². The number of hydrogen-bond acceptors (Lipinski definition) is 6. The van der Waals surface area contributed by atoms with E-state index in [1.54, 1.807) is 18.1 Å². The van der Waals surface area contributed by atoms with E-state index in [9.17, 15) is 0 Å². The van der Waals surface area contributed by atoms with Gasteiger partial charge in [0.15, 0.2) is 4.34 Å². The fraction of sp³-hybridized carbons (Fsp3) is 0.429. The lowest BCUT2D eigenvalue weighted by atomic mass is 10.1. The molecule has 1 atom stereocenters. The van der Waals surface area contributed by atoms with Gasteiger partial charge in [-0.3, -0.25) is 0 Å². The number of nitrogens with zero attached hydrogens (tertiary/aromatic N) is 2. The third kappa shape index (κ3) is 3.94. The molecule has 20 heavy (non-hydrogen) atoms. The first-order valence-corrected chi connectivity index (χ1v) is 8.32. The highest BCUT2D eigenvalue weighted by Crippen LogP contribution is 2.30. The molecule has 0 aliphatic carbocycles. The zero-order valence-corrected chi connectivity index (χ0v) is 13.6. The SMILES string of the molecule is CCOc1ccc(C(C)NC)cc1CSc1ncns1. The fourth-order valence-electron chi connectivity index (χ4n) is 1.81. The topological polar surface area (TPSA) is 47.0 Å². The predicted octanol–water partition coefficient (Wildman–Crippen LogP) is 3.51. The first-order valence-electron chi connectivity index (χ1n) is 6.57. The van der Waals surface area contributed by atoms with E-state index in [0.29, 0.717) is 12.6 Å². The van der Waals surface area contributed by atoms with Crippen molar-refractivity contribution in [2.45, 2.75) is 30.0 Å². The van der Waals surface area contributed by atoms with Crippen LogP contribution in [0.15, 0.2) is 28.9 Å². The lowest BCUT2D eigenvalue weighted by molar-refractivity contribution is 0.337. The summed E-state index contributed by atoms with van der Waals surface area (Å²) in [6, 6.07) is 6.71. The molecule has 0 spiro atoms. The smallest absolute Gasteiger partial charge is 0.170 e. The standard InChI is InChI=1S/C14H19N3OS2/c1-4-18-13-6-5-11(10(2)15-3)7-12(13)8-19-14-16-9-17-20-14/h5-7,9-10,15H,4,8H2,1-3H3. The summed E-state index contributed by atoms with van der Waals surface area (Å²) in [7, 11) is 1.97. The van der Waals surface area contributed by atoms with Crippen LogP contribution in [0.1, 0.15) is 31.0 Å². The van der Waals surface area contributed by atoms with E-state index in [4.69, 9.17) is 4.74 Å². The molecule has 0 amide bonds. The third-order valence-corrected chi connectivity index (χ3v) is 4.86. The number of benzene rings is 1. The highest BCUT2D eigenvalue weighted by molar-refractivity contribution is 8.00. The van der Waals surface area contributed by atoms with Gasteiger partial charge in [0.05, 0.1) is 6.61 Å². The maximum atomic E-state index is 5.71. The molecular formula is C14H19N3OS2. The minimum atomic E-state index is 0.330. The molecule has 0 fully saturated rings. The van der Waals surface area contributed by atoms with Gasteiger partial charge in [0.25, 0.3) is 0 Å². The monoisotopic (exact) mass is 309 g/mol. The van der Waals surface area contributed by atoms with Crippen LogP contribution in [0.5, 0.6) is 5.75 Å². The highest BCUT2D eigenvalue weighted by atomic mass is 32.2. The van der Waals surface area contributed by atoms with Crippen LogP contribution in [0, 0.1) is 0 Å². The predicted molar refractivity (Wildman–Crippen MR) is 84.6 cm³/mol. The number of rotatable bonds is 7. The first kappa shape index (κ1) is 15.3. The Morgan fingerprint density at radius 2 is 2.30 bits per heavy atom. The van der Waals surface area contributed by atoms with Crippen LogP contribution >= 0.6 is 23.3 Å². The molecule has 1 heterocycles. The number of hydrogen-bond donors (Lipinski definition) is 1. The summed E-state index contributed by atoms with van der Waals surface area (Å²) in [6.45, 7) is 4.83. The molecule has 4 nitrogen and oxygen atoms in total. The van der Waals surface area contributed by atoms with Crippen LogP contribution in [0.25, 0.3) is 0 Å². The van der Waals surface area contributed by atoms with E-state index in [-0.39, 0.29) is 0 Å². The van der Waals surface area contributed by atoms with Crippen molar-refractivity contribution >= 4 is 23.3 Å². The van der Waals surface area contributed by atoms with Crippen molar-refractivity contribution in [1.82, 2.24) is 14.7 Å². The molecule has 1 aromatic heterocycles. The van der Waals surface area contributed by atoms with E-state index in [1.807, 2.05) is 14.0 Å². The van der Waals surface area contributed by atoms with Gasteiger partial charge in [-0.05, 0) is 50.1 Å². The molecule has 0 aliphatic rings. The molecule has 0 saturated heterocycles. The summed E-state index contributed by atoms with van der Waals surface area (Å²) in [4.78, 5) is 4.20. The van der Waals surface area contributed by atoms with Crippen molar-refractivity contribution in [3.63, 3.8) is 0 Å². The largest absolute Gasteiger partial charge is 0.494 e. The fourth-order valence-corrected chi connectivity index (χ4v) is 3.23. The van der Waals surface area contributed by atoms with Crippen LogP contribution in [0.3, 0.4) is 0 Å². The Labute approximate surface area is 128 Å². The first-order chi connectivity index (χ1) is 9.74. The van der Waals surface area contributed by atoms with E-state index in [0.717, 1.165) is 15.8 Å². The average molecular weight is 309 g/mol. The van der Waals surface area contributed by atoms with Crippen LogP contribution < -0.4 is 10.1 Å². The van der Waals surface area contributed by atoms with Crippen molar-refractivity contribution in [2.75, 3.05) is 13.7 Å². The van der Waals surface area contributed by atoms with Gasteiger partial charge in [0.1, 0.15) is 12.1 Å². The minimum absolute atomic E-state index is 0.330. The molecular weight excluding hydrogens is 290 g/mol. The van der Waals surface area contributed by atoms with Crippen molar-refractivity contribution in [3.05, 3.63) is 35.7 Å². The second-order valence-electron chi connectivity index (χ2n) is 4.31. The maximum absolute atomic E-state index is 5.71. The Bertz CT molecular complexity index is 531. The lowest BCUT2D eigenvalue weighted by Gasteiger charge is -2.15. The Kier molecular flexibility index (Phi) is 5.82.